The first kappa shape index (κ1) is 30.2. The molecular weight excluding hydrogens is 476 g/mol. The monoisotopic (exact) mass is 518 g/mol. The number of aliphatic imine (C=N–C) groups is 2. The average Bonchev–Trinajstić information content (AvgIpc) is 3.27. The summed E-state index contributed by atoms with van der Waals surface area (Å²) in [4.78, 5) is 19.0. The van der Waals surface area contributed by atoms with Gasteiger partial charge in [-0.2, -0.15) is 15.1 Å². The van der Waals surface area contributed by atoms with Crippen LogP contribution in [0.15, 0.2) is 75.6 Å². The SMILES string of the molecule is C=C/C=C\Cc1c(/C=N/N=C(N)\N=C(/N=C(\CC)OCCc2ccccn2)N(CCC)CCC)c[nH]c1C. The second-order valence-electron chi connectivity index (χ2n) is 8.60. The number of H-pyrrole nitrogens is 1. The van der Waals surface area contributed by atoms with E-state index in [1.807, 2.05) is 50.4 Å². The van der Waals surface area contributed by atoms with Gasteiger partial charge in [0, 0.05) is 55.3 Å². The van der Waals surface area contributed by atoms with Crippen molar-refractivity contribution in [1.29, 1.82) is 0 Å². The van der Waals surface area contributed by atoms with Crippen LogP contribution in [-0.2, 0) is 17.6 Å². The molecule has 0 saturated heterocycles. The van der Waals surface area contributed by atoms with Gasteiger partial charge in [0.1, 0.15) is 0 Å². The van der Waals surface area contributed by atoms with Crippen LogP contribution in [-0.4, -0.2) is 58.6 Å². The van der Waals surface area contributed by atoms with Crippen molar-refractivity contribution < 1.29 is 4.74 Å². The molecule has 38 heavy (non-hydrogen) atoms. The van der Waals surface area contributed by atoms with Crippen molar-refractivity contribution in [2.45, 2.75) is 59.8 Å². The molecule has 3 N–H and O–H groups in total. The summed E-state index contributed by atoms with van der Waals surface area (Å²) in [7, 11) is 0. The van der Waals surface area contributed by atoms with Crippen LogP contribution in [0.25, 0.3) is 0 Å². The fourth-order valence-corrected chi connectivity index (χ4v) is 3.68. The van der Waals surface area contributed by atoms with Gasteiger partial charge in [-0.3, -0.25) is 4.98 Å². The van der Waals surface area contributed by atoms with Crippen LogP contribution in [0.4, 0.5) is 0 Å². The standard InChI is InChI=1S/C29H42N8O/c1-6-10-11-15-26-23(5)32-21-24(26)22-33-36-28(30)35-29(37(18-7-2)19-8-3)34-27(9-4)38-20-16-25-14-12-13-17-31-25/h6,10-14,17,21-22,32H,1,7-9,15-16,18-20H2,2-5H3,(H2,30,36)/b11-10-,33-22+,34-27+,35-29+. The van der Waals surface area contributed by atoms with Crippen LogP contribution in [0.1, 0.15) is 62.5 Å². The molecule has 0 fully saturated rings. The molecule has 0 radical (unpaired) electrons. The molecular formula is C29H42N8O. The molecule has 0 spiro atoms. The Bertz CT molecular complexity index is 1120. The van der Waals surface area contributed by atoms with Gasteiger partial charge in [-0.15, -0.1) is 5.10 Å². The van der Waals surface area contributed by atoms with Crippen LogP contribution in [0.2, 0.25) is 0 Å². The van der Waals surface area contributed by atoms with Gasteiger partial charge in [-0.05, 0) is 43.9 Å². The summed E-state index contributed by atoms with van der Waals surface area (Å²) in [5.74, 6) is 1.10. The summed E-state index contributed by atoms with van der Waals surface area (Å²) < 4.78 is 5.99. The molecule has 0 amide bonds. The number of nitrogens with two attached hydrogens (primary N) is 1. The number of nitrogens with zero attached hydrogens (tertiary/aromatic N) is 6. The van der Waals surface area contributed by atoms with Crippen molar-refractivity contribution in [2.75, 3.05) is 19.7 Å². The Labute approximate surface area is 227 Å². The zero-order valence-corrected chi connectivity index (χ0v) is 23.2. The number of guanidine groups is 2. The number of aryl methyl sites for hydroxylation is 1. The van der Waals surface area contributed by atoms with E-state index in [4.69, 9.17) is 15.5 Å². The Morgan fingerprint density at radius 2 is 1.97 bits per heavy atom. The number of pyridine rings is 1. The van der Waals surface area contributed by atoms with E-state index in [-0.39, 0.29) is 5.96 Å². The number of hydrogen-bond acceptors (Lipinski definition) is 4. The van der Waals surface area contributed by atoms with E-state index in [0.29, 0.717) is 31.3 Å². The van der Waals surface area contributed by atoms with Gasteiger partial charge in [-0.25, -0.2) is 0 Å². The fraction of sp³-hybridized carbons (Fsp3) is 0.414. The van der Waals surface area contributed by atoms with Gasteiger partial charge in [0.25, 0.3) is 0 Å². The van der Waals surface area contributed by atoms with Crippen LogP contribution in [0.3, 0.4) is 0 Å². The van der Waals surface area contributed by atoms with Gasteiger partial charge < -0.3 is 20.4 Å². The second kappa shape index (κ2) is 17.4. The highest BCUT2D eigenvalue weighted by Gasteiger charge is 2.12. The molecule has 204 valence electrons. The first-order valence-corrected chi connectivity index (χ1v) is 13.3. The Hall–Kier alpha value is -4.01. The topological polar surface area (TPSA) is 117 Å². The van der Waals surface area contributed by atoms with Crippen molar-refractivity contribution >= 4 is 24.0 Å². The molecule has 0 atom stereocenters. The maximum Gasteiger partial charge on any atom is 0.243 e. The largest absolute Gasteiger partial charge is 0.480 e. The predicted octanol–water partition coefficient (Wildman–Crippen LogP) is 5.20. The third kappa shape index (κ3) is 10.5. The van der Waals surface area contributed by atoms with E-state index in [1.54, 1.807) is 18.5 Å². The molecule has 2 aromatic rings. The van der Waals surface area contributed by atoms with E-state index in [9.17, 15) is 0 Å². The Morgan fingerprint density at radius 1 is 1.18 bits per heavy atom. The van der Waals surface area contributed by atoms with Gasteiger partial charge in [0.15, 0.2) is 5.90 Å². The number of nitrogens with one attached hydrogen (secondary N) is 1. The molecule has 0 aromatic carbocycles. The lowest BCUT2D eigenvalue weighted by Gasteiger charge is -2.23. The Kier molecular flexibility index (Phi) is 13.9. The summed E-state index contributed by atoms with van der Waals surface area (Å²) in [5, 5.41) is 8.32. The Morgan fingerprint density at radius 3 is 2.63 bits per heavy atom. The highest BCUT2D eigenvalue weighted by Crippen LogP contribution is 2.13. The first-order chi connectivity index (χ1) is 18.5. The summed E-state index contributed by atoms with van der Waals surface area (Å²) in [6.07, 6.45) is 15.1. The smallest absolute Gasteiger partial charge is 0.243 e. The van der Waals surface area contributed by atoms with Crippen LogP contribution in [0.5, 0.6) is 0 Å². The predicted molar refractivity (Wildman–Crippen MR) is 159 cm³/mol. The summed E-state index contributed by atoms with van der Waals surface area (Å²) >= 11 is 0. The van der Waals surface area contributed by atoms with Crippen molar-refractivity contribution in [2.24, 2.45) is 25.9 Å². The molecule has 9 heteroatoms. The minimum absolute atomic E-state index is 0.0292. The average molecular weight is 519 g/mol. The van der Waals surface area contributed by atoms with Crippen LogP contribution >= 0.6 is 0 Å². The molecule has 0 aliphatic heterocycles. The van der Waals surface area contributed by atoms with E-state index in [1.165, 1.54) is 0 Å². The normalized spacial score (nSPS) is 13.0. The van der Waals surface area contributed by atoms with E-state index >= 15 is 0 Å². The van der Waals surface area contributed by atoms with Gasteiger partial charge >= 0.3 is 0 Å². The third-order valence-electron chi connectivity index (χ3n) is 5.56. The fourth-order valence-electron chi connectivity index (χ4n) is 3.68. The molecule has 2 heterocycles. The number of allylic oxidation sites excluding steroid dienone is 3. The van der Waals surface area contributed by atoms with Gasteiger partial charge in [0.05, 0.1) is 12.8 Å². The zero-order valence-electron chi connectivity index (χ0n) is 23.2. The number of aromatic amines is 1. The minimum atomic E-state index is 0.0292. The lowest BCUT2D eigenvalue weighted by atomic mass is 10.1. The number of ether oxygens (including phenoxy) is 1. The first-order valence-electron chi connectivity index (χ1n) is 13.3. The maximum absolute atomic E-state index is 6.18. The molecule has 2 rings (SSSR count). The van der Waals surface area contributed by atoms with E-state index in [0.717, 1.165) is 54.9 Å². The number of hydrogen-bond donors (Lipinski definition) is 2. The zero-order chi connectivity index (χ0) is 27.6. The molecule has 2 aromatic heterocycles. The van der Waals surface area contributed by atoms with E-state index < -0.39 is 0 Å². The third-order valence-corrected chi connectivity index (χ3v) is 5.56. The Balaban J connectivity index is 2.24. The highest BCUT2D eigenvalue weighted by molar-refractivity contribution is 6.00. The lowest BCUT2D eigenvalue weighted by Crippen LogP contribution is -2.34. The van der Waals surface area contributed by atoms with Crippen LogP contribution in [0, 0.1) is 6.92 Å². The number of aromatic nitrogens is 2. The molecule has 9 nitrogen and oxygen atoms in total. The van der Waals surface area contributed by atoms with Crippen molar-refractivity contribution in [3.8, 4) is 0 Å². The van der Waals surface area contributed by atoms with Crippen molar-refractivity contribution in [1.82, 2.24) is 14.9 Å². The molecule has 0 bridgehead atoms. The van der Waals surface area contributed by atoms with E-state index in [2.05, 4.69) is 50.5 Å². The quantitative estimate of drug-likeness (QED) is 0.164. The van der Waals surface area contributed by atoms with Crippen molar-refractivity contribution in [3.05, 3.63) is 77.9 Å². The minimum Gasteiger partial charge on any atom is -0.480 e. The molecule has 0 saturated carbocycles. The summed E-state index contributed by atoms with van der Waals surface area (Å²) in [5.41, 5.74) is 10.3. The summed E-state index contributed by atoms with van der Waals surface area (Å²) in [6.45, 7) is 14.1. The number of rotatable bonds is 13. The van der Waals surface area contributed by atoms with Crippen molar-refractivity contribution in [3.63, 3.8) is 0 Å². The summed E-state index contributed by atoms with van der Waals surface area (Å²) in [6, 6.07) is 5.85. The second-order valence-corrected chi connectivity index (χ2v) is 8.60. The van der Waals surface area contributed by atoms with Gasteiger partial charge in [0.2, 0.25) is 11.9 Å². The molecule has 0 aliphatic carbocycles. The maximum atomic E-state index is 6.18. The lowest BCUT2D eigenvalue weighted by molar-refractivity contribution is 0.299. The van der Waals surface area contributed by atoms with Crippen LogP contribution < -0.4 is 5.73 Å². The highest BCUT2D eigenvalue weighted by atomic mass is 16.5. The van der Waals surface area contributed by atoms with Gasteiger partial charge in [-0.1, -0.05) is 51.6 Å². The molecule has 0 unspecified atom stereocenters. The molecule has 0 aliphatic rings.